The summed E-state index contributed by atoms with van der Waals surface area (Å²) in [5.41, 5.74) is 12.6. The Kier molecular flexibility index (Phi) is 8.15. The summed E-state index contributed by atoms with van der Waals surface area (Å²) in [7, 11) is 0. The summed E-state index contributed by atoms with van der Waals surface area (Å²) < 4.78 is 6.11. The first-order valence-electron chi connectivity index (χ1n) is 11.8. The lowest BCUT2D eigenvalue weighted by Crippen LogP contribution is -2.39. The van der Waals surface area contributed by atoms with Crippen LogP contribution in [0.4, 0.5) is 0 Å². The molecule has 0 spiro atoms. The molecule has 0 amide bonds. The van der Waals surface area contributed by atoms with Crippen LogP contribution in [-0.4, -0.2) is 23.6 Å². The number of ether oxygens (including phenoxy) is 1. The van der Waals surface area contributed by atoms with Crippen LogP contribution in [0.2, 0.25) is 0 Å². The molecule has 33 heavy (non-hydrogen) atoms. The van der Waals surface area contributed by atoms with E-state index in [1.165, 1.54) is 16.7 Å². The van der Waals surface area contributed by atoms with Crippen molar-refractivity contribution < 1.29 is 4.74 Å². The average Bonchev–Trinajstić information content (AvgIpc) is 3.57. The van der Waals surface area contributed by atoms with E-state index in [1.54, 1.807) is 0 Å². The van der Waals surface area contributed by atoms with Gasteiger partial charge in [-0.1, -0.05) is 96.1 Å². The highest BCUT2D eigenvalue weighted by Gasteiger charge is 2.56. The second-order valence-electron chi connectivity index (χ2n) is 8.86. The topological polar surface area (TPSA) is 61.2 Å². The van der Waals surface area contributed by atoms with Crippen LogP contribution in [0.5, 0.6) is 0 Å². The van der Waals surface area contributed by atoms with Crippen LogP contribution in [0, 0.1) is 5.92 Å². The lowest BCUT2D eigenvalue weighted by atomic mass is 10.0. The number of benzene rings is 3. The van der Waals surface area contributed by atoms with E-state index in [0.29, 0.717) is 25.7 Å². The molecule has 170 valence electrons. The fraction of sp³-hybridized carbons (Fsp3) is 0.357. The molecule has 0 saturated heterocycles. The molecule has 1 aliphatic rings. The summed E-state index contributed by atoms with van der Waals surface area (Å²) in [5.74, 6) is 0.510. The van der Waals surface area contributed by atoms with Gasteiger partial charge < -0.3 is 4.74 Å². The molecule has 0 aliphatic heterocycles. The first-order chi connectivity index (χ1) is 16.3. The highest BCUT2D eigenvalue weighted by atomic mass is 16.5. The van der Waals surface area contributed by atoms with E-state index in [0.717, 1.165) is 32.4 Å². The number of hydrogen-bond acceptors (Lipinski definition) is 3. The molecule has 0 heterocycles. The molecule has 5 heteroatoms. The Morgan fingerprint density at radius 3 is 1.94 bits per heavy atom. The molecule has 1 aliphatic carbocycles. The minimum absolute atomic E-state index is 0.0628. The molecule has 0 radical (unpaired) electrons. The monoisotopic (exact) mass is 440 g/mol. The fourth-order valence-electron chi connectivity index (χ4n) is 4.84. The van der Waals surface area contributed by atoms with Gasteiger partial charge in [0.25, 0.3) is 0 Å². The van der Waals surface area contributed by atoms with Crippen molar-refractivity contribution in [2.45, 2.75) is 44.5 Å². The predicted octanol–water partition coefficient (Wildman–Crippen LogP) is 6.75. The minimum atomic E-state index is 0.0628. The number of nitrogens with zero attached hydrogens (tertiary/aromatic N) is 4. The van der Waals surface area contributed by atoms with Crippen LogP contribution in [0.1, 0.15) is 36.0 Å². The molecule has 4 rings (SSSR count). The fourth-order valence-corrected chi connectivity index (χ4v) is 4.84. The number of rotatable bonds is 13. The summed E-state index contributed by atoms with van der Waals surface area (Å²) in [6, 6.07) is 31.7. The first kappa shape index (κ1) is 23.1. The average molecular weight is 441 g/mol. The Hall–Kier alpha value is -3.11. The van der Waals surface area contributed by atoms with Crippen LogP contribution in [0.15, 0.2) is 96.1 Å². The van der Waals surface area contributed by atoms with Crippen LogP contribution in [0.3, 0.4) is 0 Å². The molecular formula is C28H32N4O. The van der Waals surface area contributed by atoms with Gasteiger partial charge in [0, 0.05) is 36.7 Å². The summed E-state index contributed by atoms with van der Waals surface area (Å²) in [6.45, 7) is 3.70. The van der Waals surface area contributed by atoms with Gasteiger partial charge >= 0.3 is 0 Å². The molecule has 1 saturated carbocycles. The van der Waals surface area contributed by atoms with Gasteiger partial charge in [0.2, 0.25) is 0 Å². The van der Waals surface area contributed by atoms with E-state index in [-0.39, 0.29) is 5.54 Å². The van der Waals surface area contributed by atoms with Crippen molar-refractivity contribution in [1.82, 2.24) is 4.90 Å². The maximum absolute atomic E-state index is 8.74. The second-order valence-corrected chi connectivity index (χ2v) is 8.86. The molecule has 0 aromatic heterocycles. The summed E-state index contributed by atoms with van der Waals surface area (Å²) in [5, 5.41) is 3.81. The van der Waals surface area contributed by atoms with E-state index < -0.39 is 0 Å². The molecule has 2 unspecified atom stereocenters. The van der Waals surface area contributed by atoms with Crippen LogP contribution in [-0.2, 0) is 24.4 Å². The van der Waals surface area contributed by atoms with Crippen LogP contribution < -0.4 is 0 Å². The van der Waals surface area contributed by atoms with Gasteiger partial charge in [-0.05, 0) is 47.4 Å². The Labute approximate surface area is 196 Å². The highest BCUT2D eigenvalue weighted by molar-refractivity contribution is 5.21. The molecule has 0 N–H and O–H groups in total. The zero-order valence-corrected chi connectivity index (χ0v) is 19.1. The minimum Gasteiger partial charge on any atom is -0.377 e. The quantitative estimate of drug-likeness (QED) is 0.128. The van der Waals surface area contributed by atoms with E-state index in [2.05, 4.69) is 87.7 Å². The Morgan fingerprint density at radius 1 is 0.848 bits per heavy atom. The second kappa shape index (κ2) is 11.7. The van der Waals surface area contributed by atoms with E-state index in [4.69, 9.17) is 10.3 Å². The van der Waals surface area contributed by atoms with Crippen molar-refractivity contribution in [2.75, 3.05) is 13.2 Å². The standard InChI is InChI=1S/C28H32N4O/c29-31-30-18-16-27-20-28(27,17-19-33-23-26-14-8-3-9-15-26)32(21-24-10-4-1-5-11-24)22-25-12-6-2-7-13-25/h1-15,27H,16-23H2. The van der Waals surface area contributed by atoms with Gasteiger partial charge in [-0.25, -0.2) is 0 Å². The Balaban J connectivity index is 1.49. The lowest BCUT2D eigenvalue weighted by molar-refractivity contribution is 0.0652. The Bertz CT molecular complexity index is 980. The van der Waals surface area contributed by atoms with E-state index in [1.807, 2.05) is 18.2 Å². The maximum Gasteiger partial charge on any atom is 0.0716 e. The van der Waals surface area contributed by atoms with Crippen LogP contribution >= 0.6 is 0 Å². The summed E-state index contributed by atoms with van der Waals surface area (Å²) in [6.07, 6.45) is 3.01. The van der Waals surface area contributed by atoms with E-state index in [9.17, 15) is 0 Å². The van der Waals surface area contributed by atoms with Crippen molar-refractivity contribution in [3.63, 3.8) is 0 Å². The van der Waals surface area contributed by atoms with Gasteiger partial charge in [0.1, 0.15) is 0 Å². The number of azide groups is 1. The molecule has 3 aromatic carbocycles. The smallest absolute Gasteiger partial charge is 0.0716 e. The normalized spacial score (nSPS) is 19.2. The van der Waals surface area contributed by atoms with Crippen molar-refractivity contribution in [1.29, 1.82) is 0 Å². The van der Waals surface area contributed by atoms with Crippen molar-refractivity contribution >= 4 is 0 Å². The molecule has 2 atom stereocenters. The van der Waals surface area contributed by atoms with Gasteiger partial charge in [0.05, 0.1) is 6.61 Å². The summed E-state index contributed by atoms with van der Waals surface area (Å²) in [4.78, 5) is 5.59. The van der Waals surface area contributed by atoms with Crippen LogP contribution in [0.25, 0.3) is 10.4 Å². The largest absolute Gasteiger partial charge is 0.377 e. The van der Waals surface area contributed by atoms with Crippen molar-refractivity contribution in [2.24, 2.45) is 11.0 Å². The Morgan fingerprint density at radius 2 is 1.39 bits per heavy atom. The molecule has 5 nitrogen and oxygen atoms in total. The third-order valence-corrected chi connectivity index (χ3v) is 6.69. The molecule has 1 fully saturated rings. The van der Waals surface area contributed by atoms with Gasteiger partial charge in [-0.2, -0.15) is 0 Å². The predicted molar refractivity (Wildman–Crippen MR) is 132 cm³/mol. The van der Waals surface area contributed by atoms with Gasteiger partial charge in [0.15, 0.2) is 0 Å². The maximum atomic E-state index is 8.74. The van der Waals surface area contributed by atoms with Gasteiger partial charge in [-0.15, -0.1) is 0 Å². The number of hydrogen-bond donors (Lipinski definition) is 0. The first-order valence-corrected chi connectivity index (χ1v) is 11.8. The van der Waals surface area contributed by atoms with E-state index >= 15 is 0 Å². The highest BCUT2D eigenvalue weighted by Crippen LogP contribution is 2.54. The molecule has 3 aromatic rings. The zero-order chi connectivity index (χ0) is 22.8. The molecule has 0 bridgehead atoms. The SMILES string of the molecule is [N-]=[N+]=NCCC1CC1(CCOCc1ccccc1)N(Cc1ccccc1)Cc1ccccc1. The molecular weight excluding hydrogens is 408 g/mol. The third kappa shape index (κ3) is 6.45. The van der Waals surface area contributed by atoms with Crippen molar-refractivity contribution in [3.8, 4) is 0 Å². The van der Waals surface area contributed by atoms with Crippen molar-refractivity contribution in [3.05, 3.63) is 118 Å². The van der Waals surface area contributed by atoms with Gasteiger partial charge in [-0.3, -0.25) is 4.90 Å². The third-order valence-electron chi connectivity index (χ3n) is 6.69. The lowest BCUT2D eigenvalue weighted by Gasteiger charge is -2.34. The summed E-state index contributed by atoms with van der Waals surface area (Å²) >= 11 is 0. The zero-order valence-electron chi connectivity index (χ0n) is 19.1.